The third-order valence-corrected chi connectivity index (χ3v) is 4.50. The van der Waals surface area contributed by atoms with Crippen LogP contribution < -0.4 is 5.73 Å². The second-order valence-corrected chi connectivity index (χ2v) is 5.70. The van der Waals surface area contributed by atoms with E-state index in [1.54, 1.807) is 12.1 Å². The molecule has 2 N–H and O–H groups in total. The van der Waals surface area contributed by atoms with Crippen LogP contribution in [0.5, 0.6) is 0 Å². The Balaban J connectivity index is 1.76. The highest BCUT2D eigenvalue weighted by Crippen LogP contribution is 2.38. The minimum absolute atomic E-state index is 0.142. The zero-order chi connectivity index (χ0) is 12.5. The molecule has 1 heterocycles. The minimum atomic E-state index is -0.142. The molecule has 1 aromatic rings. The summed E-state index contributed by atoms with van der Waals surface area (Å²) in [6.07, 6.45) is 4.88. The molecule has 1 saturated heterocycles. The monoisotopic (exact) mass is 248 g/mol. The molecule has 18 heavy (non-hydrogen) atoms. The van der Waals surface area contributed by atoms with Crippen molar-refractivity contribution in [3.63, 3.8) is 0 Å². The van der Waals surface area contributed by atoms with Crippen LogP contribution in [0.15, 0.2) is 24.3 Å². The van der Waals surface area contributed by atoms with Crippen molar-refractivity contribution in [1.82, 2.24) is 4.90 Å². The number of halogens is 1. The van der Waals surface area contributed by atoms with Gasteiger partial charge in [0.15, 0.2) is 0 Å². The van der Waals surface area contributed by atoms with Crippen molar-refractivity contribution < 1.29 is 4.39 Å². The number of benzene rings is 1. The number of nitrogens with zero attached hydrogens (tertiary/aromatic N) is 1. The molecule has 0 aromatic heterocycles. The third kappa shape index (κ3) is 2.29. The van der Waals surface area contributed by atoms with Crippen molar-refractivity contribution in [2.24, 2.45) is 5.73 Å². The molecule has 1 aliphatic heterocycles. The largest absolute Gasteiger partial charge is 0.326 e. The lowest BCUT2D eigenvalue weighted by molar-refractivity contribution is 0.225. The van der Waals surface area contributed by atoms with Crippen LogP contribution in [0.2, 0.25) is 0 Å². The zero-order valence-corrected chi connectivity index (χ0v) is 10.7. The second-order valence-electron chi connectivity index (χ2n) is 5.70. The first kappa shape index (κ1) is 12.1. The SMILES string of the molecule is N[C@@H]1CCN([C@@H]2CCC[C@H]2c2ccc(F)cc2)C1. The second kappa shape index (κ2) is 4.98. The molecule has 2 aliphatic rings. The van der Waals surface area contributed by atoms with Crippen molar-refractivity contribution >= 4 is 0 Å². The topological polar surface area (TPSA) is 29.3 Å². The molecule has 2 fully saturated rings. The predicted molar refractivity (Wildman–Crippen MR) is 70.9 cm³/mol. The Labute approximate surface area is 108 Å². The Kier molecular flexibility index (Phi) is 3.35. The van der Waals surface area contributed by atoms with Gasteiger partial charge in [0.25, 0.3) is 0 Å². The summed E-state index contributed by atoms with van der Waals surface area (Å²) < 4.78 is 13.0. The maximum Gasteiger partial charge on any atom is 0.123 e. The van der Waals surface area contributed by atoms with Crippen molar-refractivity contribution in [3.8, 4) is 0 Å². The number of nitrogens with two attached hydrogens (primary N) is 1. The van der Waals surface area contributed by atoms with E-state index >= 15 is 0 Å². The number of hydrogen-bond donors (Lipinski definition) is 1. The molecule has 3 atom stereocenters. The molecule has 0 unspecified atom stereocenters. The van der Waals surface area contributed by atoms with Gasteiger partial charge in [0.05, 0.1) is 0 Å². The van der Waals surface area contributed by atoms with Crippen LogP contribution in [-0.4, -0.2) is 30.1 Å². The van der Waals surface area contributed by atoms with E-state index in [0.717, 1.165) is 19.5 Å². The van der Waals surface area contributed by atoms with Crippen LogP contribution in [0, 0.1) is 5.82 Å². The average Bonchev–Trinajstić information content (AvgIpc) is 2.98. The molecule has 2 nitrogen and oxygen atoms in total. The summed E-state index contributed by atoms with van der Waals surface area (Å²) in [4.78, 5) is 2.55. The van der Waals surface area contributed by atoms with Gasteiger partial charge in [-0.2, -0.15) is 0 Å². The van der Waals surface area contributed by atoms with Crippen molar-refractivity contribution in [3.05, 3.63) is 35.6 Å². The fraction of sp³-hybridized carbons (Fsp3) is 0.600. The molecular weight excluding hydrogens is 227 g/mol. The summed E-state index contributed by atoms with van der Waals surface area (Å²) in [7, 11) is 0. The fourth-order valence-electron chi connectivity index (χ4n) is 3.59. The van der Waals surface area contributed by atoms with E-state index in [9.17, 15) is 4.39 Å². The smallest absolute Gasteiger partial charge is 0.123 e. The summed E-state index contributed by atoms with van der Waals surface area (Å²) in [5.41, 5.74) is 7.30. The van der Waals surface area contributed by atoms with Gasteiger partial charge in [0.2, 0.25) is 0 Å². The highest BCUT2D eigenvalue weighted by atomic mass is 19.1. The standard InChI is InChI=1S/C15H21FN2/c16-12-6-4-11(5-7-12)14-2-1-3-15(14)18-9-8-13(17)10-18/h4-7,13-15H,1-3,8-10,17H2/t13-,14+,15-/m1/s1. The highest BCUT2D eigenvalue weighted by molar-refractivity contribution is 5.23. The van der Waals surface area contributed by atoms with E-state index < -0.39 is 0 Å². The number of rotatable bonds is 2. The van der Waals surface area contributed by atoms with Crippen molar-refractivity contribution in [1.29, 1.82) is 0 Å². The van der Waals surface area contributed by atoms with Gasteiger partial charge in [0, 0.05) is 25.2 Å². The van der Waals surface area contributed by atoms with E-state index in [1.165, 1.54) is 24.8 Å². The van der Waals surface area contributed by atoms with E-state index in [1.807, 2.05) is 12.1 Å². The van der Waals surface area contributed by atoms with E-state index in [-0.39, 0.29) is 5.82 Å². The van der Waals surface area contributed by atoms with E-state index in [0.29, 0.717) is 18.0 Å². The number of likely N-dealkylation sites (tertiary alicyclic amines) is 1. The summed E-state index contributed by atoms with van der Waals surface area (Å²) in [5, 5.41) is 0. The van der Waals surface area contributed by atoms with Gasteiger partial charge < -0.3 is 5.73 Å². The van der Waals surface area contributed by atoms with Gasteiger partial charge in [-0.1, -0.05) is 18.6 Å². The van der Waals surface area contributed by atoms with Crippen LogP contribution in [0.1, 0.15) is 37.2 Å². The Morgan fingerprint density at radius 3 is 2.56 bits per heavy atom. The molecule has 98 valence electrons. The Morgan fingerprint density at radius 2 is 1.89 bits per heavy atom. The molecule has 0 bridgehead atoms. The fourth-order valence-corrected chi connectivity index (χ4v) is 3.59. The van der Waals surface area contributed by atoms with E-state index in [4.69, 9.17) is 5.73 Å². The zero-order valence-electron chi connectivity index (χ0n) is 10.7. The molecule has 1 saturated carbocycles. The first-order chi connectivity index (χ1) is 8.74. The highest BCUT2D eigenvalue weighted by Gasteiger charge is 2.35. The van der Waals surface area contributed by atoms with Gasteiger partial charge in [-0.15, -0.1) is 0 Å². The Hall–Kier alpha value is -0.930. The molecule has 0 spiro atoms. The van der Waals surface area contributed by atoms with Crippen LogP contribution in [-0.2, 0) is 0 Å². The average molecular weight is 248 g/mol. The first-order valence-electron chi connectivity index (χ1n) is 6.99. The lowest BCUT2D eigenvalue weighted by Gasteiger charge is -2.29. The van der Waals surface area contributed by atoms with Crippen LogP contribution >= 0.6 is 0 Å². The molecule has 0 amide bonds. The molecule has 3 heteroatoms. The van der Waals surface area contributed by atoms with Crippen molar-refractivity contribution in [2.75, 3.05) is 13.1 Å². The summed E-state index contributed by atoms with van der Waals surface area (Å²) in [6.45, 7) is 2.16. The molecule has 0 radical (unpaired) electrons. The van der Waals surface area contributed by atoms with Gasteiger partial charge in [-0.05, 0) is 42.9 Å². The molecule has 1 aliphatic carbocycles. The normalized spacial score (nSPS) is 33.1. The molecule has 3 rings (SSSR count). The van der Waals surface area contributed by atoms with E-state index in [2.05, 4.69) is 4.90 Å². The maximum atomic E-state index is 13.0. The Morgan fingerprint density at radius 1 is 1.11 bits per heavy atom. The number of hydrogen-bond acceptors (Lipinski definition) is 2. The van der Waals surface area contributed by atoms with Gasteiger partial charge in [-0.25, -0.2) is 4.39 Å². The van der Waals surface area contributed by atoms with Gasteiger partial charge in [0.1, 0.15) is 5.82 Å². The summed E-state index contributed by atoms with van der Waals surface area (Å²) >= 11 is 0. The van der Waals surface area contributed by atoms with Crippen LogP contribution in [0.25, 0.3) is 0 Å². The van der Waals surface area contributed by atoms with Gasteiger partial charge >= 0.3 is 0 Å². The van der Waals surface area contributed by atoms with Crippen LogP contribution in [0.4, 0.5) is 4.39 Å². The lowest BCUT2D eigenvalue weighted by atomic mass is 9.93. The minimum Gasteiger partial charge on any atom is -0.326 e. The van der Waals surface area contributed by atoms with Crippen LogP contribution in [0.3, 0.4) is 0 Å². The summed E-state index contributed by atoms with van der Waals surface area (Å²) in [6, 6.07) is 8.03. The van der Waals surface area contributed by atoms with Crippen molar-refractivity contribution in [2.45, 2.75) is 43.7 Å². The predicted octanol–water partition coefficient (Wildman–Crippen LogP) is 2.49. The Bertz CT molecular complexity index is 403. The van der Waals surface area contributed by atoms with Gasteiger partial charge in [-0.3, -0.25) is 4.90 Å². The first-order valence-corrected chi connectivity index (χ1v) is 6.99. The summed E-state index contributed by atoms with van der Waals surface area (Å²) in [5.74, 6) is 0.424. The lowest BCUT2D eigenvalue weighted by Crippen LogP contribution is -2.37. The quantitative estimate of drug-likeness (QED) is 0.871. The maximum absolute atomic E-state index is 13.0. The third-order valence-electron chi connectivity index (χ3n) is 4.50. The molecule has 1 aromatic carbocycles. The molecular formula is C15H21FN2.